The third-order valence-corrected chi connectivity index (χ3v) is 6.47. The molecule has 138 valence electrons. The van der Waals surface area contributed by atoms with Gasteiger partial charge in [-0.15, -0.1) is 11.3 Å². The van der Waals surface area contributed by atoms with Gasteiger partial charge < -0.3 is 9.40 Å². The molecule has 3 aromatic heterocycles. The van der Waals surface area contributed by atoms with Crippen molar-refractivity contribution in [3.05, 3.63) is 50.8 Å². The molecule has 0 radical (unpaired) electrons. The normalized spacial score (nSPS) is 17.8. The molecule has 3 aromatic rings. The van der Waals surface area contributed by atoms with Crippen molar-refractivity contribution < 1.29 is 4.42 Å². The summed E-state index contributed by atoms with van der Waals surface area (Å²) in [7, 11) is 0. The number of nitrogens with zero attached hydrogens (tertiary/aromatic N) is 3. The number of hydrogen-bond donors (Lipinski definition) is 1. The molecule has 0 amide bonds. The van der Waals surface area contributed by atoms with Crippen LogP contribution in [0.3, 0.4) is 0 Å². The Labute approximate surface area is 156 Å². The number of fused-ring (bicyclic) bond motifs is 1. The molecule has 7 heteroatoms. The highest BCUT2D eigenvalue weighted by Crippen LogP contribution is 2.27. The average molecular weight is 372 g/mol. The molecule has 1 N–H and O–H groups in total. The molecular weight excluding hydrogens is 348 g/mol. The summed E-state index contributed by atoms with van der Waals surface area (Å²) >= 11 is 1.61. The molecule has 0 aliphatic carbocycles. The quantitative estimate of drug-likeness (QED) is 0.762. The van der Waals surface area contributed by atoms with Crippen molar-refractivity contribution >= 4 is 21.6 Å². The highest BCUT2D eigenvalue weighted by molar-refractivity contribution is 7.18. The Kier molecular flexibility index (Phi) is 4.69. The first-order valence-corrected chi connectivity index (χ1v) is 9.83. The third kappa shape index (κ3) is 3.22. The van der Waals surface area contributed by atoms with E-state index in [9.17, 15) is 4.79 Å². The van der Waals surface area contributed by atoms with Gasteiger partial charge in [0.1, 0.15) is 16.4 Å². The van der Waals surface area contributed by atoms with Gasteiger partial charge in [-0.3, -0.25) is 14.6 Å². The summed E-state index contributed by atoms with van der Waals surface area (Å²) in [5.74, 6) is 1.77. The van der Waals surface area contributed by atoms with E-state index < -0.39 is 0 Å². The number of thiophene rings is 1. The van der Waals surface area contributed by atoms with Crippen LogP contribution in [-0.4, -0.2) is 45.9 Å². The van der Waals surface area contributed by atoms with Gasteiger partial charge in [-0.25, -0.2) is 4.98 Å². The Balaban J connectivity index is 1.47. The highest BCUT2D eigenvalue weighted by Gasteiger charge is 2.25. The molecule has 1 aliphatic rings. The minimum absolute atomic E-state index is 0.0184. The van der Waals surface area contributed by atoms with Crippen LogP contribution in [0.4, 0.5) is 0 Å². The van der Waals surface area contributed by atoms with Gasteiger partial charge >= 0.3 is 0 Å². The number of furan rings is 1. The van der Waals surface area contributed by atoms with Crippen LogP contribution in [0, 0.1) is 13.8 Å². The molecule has 6 nitrogen and oxygen atoms in total. The largest absolute Gasteiger partial charge is 0.468 e. The molecule has 4 heterocycles. The van der Waals surface area contributed by atoms with E-state index in [1.807, 2.05) is 26.0 Å². The topological polar surface area (TPSA) is 65.4 Å². The Hall–Kier alpha value is -1.96. The predicted octanol–water partition coefficient (Wildman–Crippen LogP) is 3.07. The summed E-state index contributed by atoms with van der Waals surface area (Å²) in [6.45, 7) is 10.9. The van der Waals surface area contributed by atoms with E-state index in [1.165, 1.54) is 0 Å². The van der Waals surface area contributed by atoms with Crippen molar-refractivity contribution in [2.24, 2.45) is 0 Å². The first kappa shape index (κ1) is 17.5. The molecule has 0 bridgehead atoms. The molecular formula is C19H24N4O2S. The maximum atomic E-state index is 12.5. The Morgan fingerprint density at radius 3 is 2.77 bits per heavy atom. The summed E-state index contributed by atoms with van der Waals surface area (Å²) in [5, 5.41) is 0.742. The van der Waals surface area contributed by atoms with Crippen LogP contribution in [0.5, 0.6) is 0 Å². The second-order valence-corrected chi connectivity index (χ2v) is 8.19. The van der Waals surface area contributed by atoms with Gasteiger partial charge in [-0.05, 0) is 38.5 Å². The Morgan fingerprint density at radius 1 is 1.31 bits per heavy atom. The first-order valence-electron chi connectivity index (χ1n) is 9.01. The molecule has 0 saturated carbocycles. The summed E-state index contributed by atoms with van der Waals surface area (Å²) in [4.78, 5) is 27.1. The number of aromatic nitrogens is 2. The van der Waals surface area contributed by atoms with Crippen molar-refractivity contribution in [2.75, 3.05) is 26.2 Å². The van der Waals surface area contributed by atoms with Crippen LogP contribution in [0.2, 0.25) is 0 Å². The second kappa shape index (κ2) is 6.98. The highest BCUT2D eigenvalue weighted by atomic mass is 32.1. The SMILES string of the molecule is Cc1sc2nc([C@@H](C)N3CCN(Cc4ccco4)CC3)[nH]c(=O)c2c1C. The molecule has 1 aliphatic heterocycles. The van der Waals surface area contributed by atoms with Crippen LogP contribution < -0.4 is 5.56 Å². The van der Waals surface area contributed by atoms with E-state index >= 15 is 0 Å². The number of nitrogens with one attached hydrogen (secondary N) is 1. The maximum absolute atomic E-state index is 12.5. The van der Waals surface area contributed by atoms with E-state index in [4.69, 9.17) is 9.40 Å². The van der Waals surface area contributed by atoms with Crippen LogP contribution in [0.15, 0.2) is 27.6 Å². The maximum Gasteiger partial charge on any atom is 0.259 e. The number of H-pyrrole nitrogens is 1. The lowest BCUT2D eigenvalue weighted by molar-refractivity contribution is 0.0905. The van der Waals surface area contributed by atoms with Gasteiger partial charge in [0.2, 0.25) is 0 Å². The molecule has 4 rings (SSSR count). The fraction of sp³-hybridized carbons (Fsp3) is 0.474. The minimum Gasteiger partial charge on any atom is -0.468 e. The third-order valence-electron chi connectivity index (χ3n) is 5.37. The number of rotatable bonds is 4. The van der Waals surface area contributed by atoms with Crippen LogP contribution in [0.25, 0.3) is 10.2 Å². The van der Waals surface area contributed by atoms with E-state index in [-0.39, 0.29) is 11.6 Å². The van der Waals surface area contributed by atoms with Gasteiger partial charge in [0.05, 0.1) is 24.2 Å². The molecule has 1 atom stereocenters. The smallest absolute Gasteiger partial charge is 0.259 e. The van der Waals surface area contributed by atoms with Crippen molar-refractivity contribution in [1.29, 1.82) is 0 Å². The van der Waals surface area contributed by atoms with Crippen LogP contribution in [-0.2, 0) is 6.54 Å². The lowest BCUT2D eigenvalue weighted by atomic mass is 10.2. The van der Waals surface area contributed by atoms with Crippen molar-refractivity contribution in [1.82, 2.24) is 19.8 Å². The molecule has 1 fully saturated rings. The van der Waals surface area contributed by atoms with Crippen LogP contribution in [0.1, 0.15) is 35.0 Å². The predicted molar refractivity (Wildman–Crippen MR) is 104 cm³/mol. The van der Waals surface area contributed by atoms with Gasteiger partial charge in [-0.1, -0.05) is 0 Å². The fourth-order valence-corrected chi connectivity index (χ4v) is 4.61. The summed E-state index contributed by atoms with van der Waals surface area (Å²) in [5.41, 5.74) is 1.03. The average Bonchev–Trinajstić information content (AvgIpc) is 3.23. The lowest BCUT2D eigenvalue weighted by Crippen LogP contribution is -2.47. The number of aromatic amines is 1. The van der Waals surface area contributed by atoms with E-state index in [0.29, 0.717) is 0 Å². The number of aryl methyl sites for hydroxylation is 2. The lowest BCUT2D eigenvalue weighted by Gasteiger charge is -2.37. The zero-order valence-electron chi connectivity index (χ0n) is 15.4. The van der Waals surface area contributed by atoms with Gasteiger partial charge in [0.25, 0.3) is 5.56 Å². The number of piperazine rings is 1. The summed E-state index contributed by atoms with van der Waals surface area (Å²) < 4.78 is 5.44. The monoisotopic (exact) mass is 372 g/mol. The molecule has 0 unspecified atom stereocenters. The van der Waals surface area contributed by atoms with E-state index in [2.05, 4.69) is 21.7 Å². The zero-order chi connectivity index (χ0) is 18.3. The van der Waals surface area contributed by atoms with E-state index in [1.54, 1.807) is 17.6 Å². The minimum atomic E-state index is -0.0184. The van der Waals surface area contributed by atoms with Gasteiger partial charge in [-0.2, -0.15) is 0 Å². The van der Waals surface area contributed by atoms with Gasteiger partial charge in [0, 0.05) is 31.1 Å². The molecule has 26 heavy (non-hydrogen) atoms. The second-order valence-electron chi connectivity index (χ2n) is 6.98. The van der Waals surface area contributed by atoms with E-state index in [0.717, 1.165) is 65.0 Å². The molecule has 0 spiro atoms. The van der Waals surface area contributed by atoms with Gasteiger partial charge in [0.15, 0.2) is 0 Å². The molecule has 0 aromatic carbocycles. The van der Waals surface area contributed by atoms with Crippen LogP contribution >= 0.6 is 11.3 Å². The Morgan fingerprint density at radius 2 is 2.08 bits per heavy atom. The summed E-state index contributed by atoms with van der Waals surface area (Å²) in [6, 6.07) is 4.05. The van der Waals surface area contributed by atoms with Crippen molar-refractivity contribution in [2.45, 2.75) is 33.4 Å². The first-order chi connectivity index (χ1) is 12.5. The summed E-state index contributed by atoms with van der Waals surface area (Å²) in [6.07, 6.45) is 1.72. The van der Waals surface area contributed by atoms with Crippen molar-refractivity contribution in [3.63, 3.8) is 0 Å². The standard InChI is InChI=1S/C19H24N4O2S/c1-12-14(3)26-19-16(12)18(24)20-17(21-19)13(2)23-8-6-22(7-9-23)11-15-5-4-10-25-15/h4-5,10,13H,6-9,11H2,1-3H3,(H,20,21,24)/t13-/m1/s1. The van der Waals surface area contributed by atoms with Crippen molar-refractivity contribution in [3.8, 4) is 0 Å². The number of hydrogen-bond acceptors (Lipinski definition) is 6. The Bertz CT molecular complexity index is 952. The molecule has 1 saturated heterocycles. The zero-order valence-corrected chi connectivity index (χ0v) is 16.2. The fourth-order valence-electron chi connectivity index (χ4n) is 3.57.